The standard InChI is InChI=1S/C30H24FN3O2/c31-27-17-9-7-11-22(27)20-34-21-23(26-16-8-10-18-28(26)34)19-32-33-29(35)30(36,24-12-3-1-4-13-24)25-14-5-2-6-15-25/h1-19,21,36H,20H2,(H,33,35)/b32-19-. The molecular formula is C30H24FN3O2. The first kappa shape index (κ1) is 23.2. The molecule has 36 heavy (non-hydrogen) atoms. The lowest BCUT2D eigenvalue weighted by molar-refractivity contribution is -0.136. The number of aliphatic hydroxyl groups is 1. The number of fused-ring (bicyclic) bond motifs is 1. The number of aromatic nitrogens is 1. The number of halogens is 1. The van der Waals surface area contributed by atoms with E-state index in [2.05, 4.69) is 10.5 Å². The largest absolute Gasteiger partial charge is 0.372 e. The molecule has 178 valence electrons. The van der Waals surface area contributed by atoms with Crippen molar-refractivity contribution in [2.75, 3.05) is 0 Å². The minimum atomic E-state index is -1.92. The lowest BCUT2D eigenvalue weighted by Gasteiger charge is -2.27. The number of para-hydroxylation sites is 1. The molecule has 1 heterocycles. The van der Waals surface area contributed by atoms with Crippen LogP contribution in [0, 0.1) is 5.82 Å². The second kappa shape index (κ2) is 9.98. The Kier molecular flexibility index (Phi) is 6.43. The van der Waals surface area contributed by atoms with Crippen molar-refractivity contribution in [3.05, 3.63) is 143 Å². The van der Waals surface area contributed by atoms with Crippen LogP contribution >= 0.6 is 0 Å². The Morgan fingerprint density at radius 1 is 0.861 bits per heavy atom. The number of nitrogens with one attached hydrogen (secondary N) is 1. The summed E-state index contributed by atoms with van der Waals surface area (Å²) in [6, 6.07) is 31.9. The average Bonchev–Trinajstić information content (AvgIpc) is 3.27. The molecule has 6 heteroatoms. The number of nitrogens with zero attached hydrogens (tertiary/aromatic N) is 2. The summed E-state index contributed by atoms with van der Waals surface area (Å²) in [5.74, 6) is -0.940. The van der Waals surface area contributed by atoms with Gasteiger partial charge >= 0.3 is 0 Å². The van der Waals surface area contributed by atoms with Gasteiger partial charge in [0.1, 0.15) is 5.82 Å². The van der Waals surface area contributed by atoms with Crippen LogP contribution in [0.15, 0.2) is 120 Å². The summed E-state index contributed by atoms with van der Waals surface area (Å²) >= 11 is 0. The van der Waals surface area contributed by atoms with Crippen LogP contribution in [-0.4, -0.2) is 21.8 Å². The summed E-state index contributed by atoms with van der Waals surface area (Å²) < 4.78 is 16.2. The van der Waals surface area contributed by atoms with Gasteiger partial charge in [-0.25, -0.2) is 9.82 Å². The summed E-state index contributed by atoms with van der Waals surface area (Å²) in [4.78, 5) is 13.3. The summed E-state index contributed by atoms with van der Waals surface area (Å²) in [7, 11) is 0. The Bertz CT molecular complexity index is 1490. The Morgan fingerprint density at radius 3 is 2.11 bits per heavy atom. The van der Waals surface area contributed by atoms with E-state index in [9.17, 15) is 14.3 Å². The highest BCUT2D eigenvalue weighted by Gasteiger charge is 2.39. The Hall–Kier alpha value is -4.55. The molecule has 0 saturated heterocycles. The van der Waals surface area contributed by atoms with E-state index in [4.69, 9.17) is 0 Å². The van der Waals surface area contributed by atoms with Gasteiger partial charge in [-0.15, -0.1) is 0 Å². The monoisotopic (exact) mass is 477 g/mol. The molecule has 0 bridgehead atoms. The molecule has 0 radical (unpaired) electrons. The van der Waals surface area contributed by atoms with E-state index >= 15 is 0 Å². The fraction of sp³-hybridized carbons (Fsp3) is 0.0667. The Morgan fingerprint density at radius 2 is 1.44 bits per heavy atom. The zero-order valence-electron chi connectivity index (χ0n) is 19.4. The number of carbonyl (C=O) groups excluding carboxylic acids is 1. The molecule has 5 nitrogen and oxygen atoms in total. The number of hydrazone groups is 1. The minimum absolute atomic E-state index is 0.265. The molecule has 5 rings (SSSR count). The van der Waals surface area contributed by atoms with Gasteiger partial charge in [0.2, 0.25) is 0 Å². The molecule has 1 amide bonds. The molecule has 1 aromatic heterocycles. The maximum absolute atomic E-state index is 14.3. The number of hydrogen-bond donors (Lipinski definition) is 2. The van der Waals surface area contributed by atoms with Crippen molar-refractivity contribution in [3.63, 3.8) is 0 Å². The van der Waals surface area contributed by atoms with E-state index in [1.54, 1.807) is 60.7 Å². The van der Waals surface area contributed by atoms with Crippen molar-refractivity contribution in [3.8, 4) is 0 Å². The smallest absolute Gasteiger partial charge is 0.281 e. The van der Waals surface area contributed by atoms with Gasteiger partial charge in [-0.3, -0.25) is 4.79 Å². The third-order valence-corrected chi connectivity index (χ3v) is 6.20. The zero-order chi connectivity index (χ0) is 25.0. The molecule has 0 saturated carbocycles. The van der Waals surface area contributed by atoms with Crippen LogP contribution in [0.25, 0.3) is 10.9 Å². The molecule has 0 aliphatic rings. The van der Waals surface area contributed by atoms with E-state index in [1.165, 1.54) is 12.3 Å². The second-order valence-corrected chi connectivity index (χ2v) is 8.46. The molecule has 0 spiro atoms. The lowest BCUT2D eigenvalue weighted by atomic mass is 9.85. The fourth-order valence-electron chi connectivity index (χ4n) is 4.35. The van der Waals surface area contributed by atoms with Gasteiger partial charge in [-0.05, 0) is 23.3 Å². The van der Waals surface area contributed by atoms with Gasteiger partial charge in [-0.1, -0.05) is 97.1 Å². The van der Waals surface area contributed by atoms with Gasteiger partial charge in [0.25, 0.3) is 5.91 Å². The summed E-state index contributed by atoms with van der Waals surface area (Å²) in [6.45, 7) is 0.356. The molecule has 5 aromatic rings. The maximum Gasteiger partial charge on any atom is 0.281 e. The third kappa shape index (κ3) is 4.42. The van der Waals surface area contributed by atoms with Gasteiger partial charge < -0.3 is 9.67 Å². The van der Waals surface area contributed by atoms with Gasteiger partial charge in [0, 0.05) is 28.2 Å². The number of rotatable bonds is 7. The predicted octanol–water partition coefficient (Wildman–Crippen LogP) is 5.21. The van der Waals surface area contributed by atoms with Crippen LogP contribution in [0.2, 0.25) is 0 Å². The normalized spacial score (nSPS) is 11.7. The zero-order valence-corrected chi connectivity index (χ0v) is 19.4. The average molecular weight is 478 g/mol. The van der Waals surface area contributed by atoms with E-state index in [-0.39, 0.29) is 5.82 Å². The highest BCUT2D eigenvalue weighted by Crippen LogP contribution is 2.30. The second-order valence-electron chi connectivity index (χ2n) is 8.46. The minimum Gasteiger partial charge on any atom is -0.372 e. The first-order valence-electron chi connectivity index (χ1n) is 11.6. The topological polar surface area (TPSA) is 66.6 Å². The first-order chi connectivity index (χ1) is 17.6. The number of benzene rings is 4. The Balaban J connectivity index is 1.44. The van der Waals surface area contributed by atoms with Gasteiger partial charge in [-0.2, -0.15) is 5.10 Å². The molecule has 4 aromatic carbocycles. The molecule has 0 aliphatic carbocycles. The van der Waals surface area contributed by atoms with Crippen molar-refractivity contribution >= 4 is 23.0 Å². The SMILES string of the molecule is O=C(N/N=C\c1cn(Cc2ccccc2F)c2ccccc12)C(O)(c1ccccc1)c1ccccc1. The summed E-state index contributed by atoms with van der Waals surface area (Å²) in [6.07, 6.45) is 3.40. The molecule has 0 fully saturated rings. The third-order valence-electron chi connectivity index (χ3n) is 6.20. The van der Waals surface area contributed by atoms with Crippen LogP contribution in [0.1, 0.15) is 22.3 Å². The maximum atomic E-state index is 14.3. The fourth-order valence-corrected chi connectivity index (χ4v) is 4.35. The highest BCUT2D eigenvalue weighted by molar-refractivity contribution is 6.00. The Labute approximate surface area is 208 Å². The number of amides is 1. The molecular weight excluding hydrogens is 453 g/mol. The lowest BCUT2D eigenvalue weighted by Crippen LogP contribution is -2.43. The highest BCUT2D eigenvalue weighted by atomic mass is 19.1. The number of carbonyl (C=O) groups is 1. The number of hydrogen-bond acceptors (Lipinski definition) is 3. The molecule has 0 aliphatic heterocycles. The quantitative estimate of drug-likeness (QED) is 0.250. The van der Waals surface area contributed by atoms with Crippen molar-refractivity contribution in [1.29, 1.82) is 0 Å². The predicted molar refractivity (Wildman–Crippen MR) is 139 cm³/mol. The van der Waals surface area contributed by atoms with Crippen LogP contribution in [0.4, 0.5) is 4.39 Å². The van der Waals surface area contributed by atoms with Crippen molar-refractivity contribution in [1.82, 2.24) is 9.99 Å². The van der Waals surface area contributed by atoms with E-state index in [0.29, 0.717) is 23.2 Å². The van der Waals surface area contributed by atoms with Crippen molar-refractivity contribution in [2.45, 2.75) is 12.1 Å². The summed E-state index contributed by atoms with van der Waals surface area (Å²) in [5.41, 5.74) is 3.71. The first-order valence-corrected chi connectivity index (χ1v) is 11.6. The van der Waals surface area contributed by atoms with Gasteiger partial charge in [0.15, 0.2) is 5.60 Å². The van der Waals surface area contributed by atoms with E-state index < -0.39 is 11.5 Å². The molecule has 2 N–H and O–H groups in total. The molecule has 0 unspecified atom stereocenters. The van der Waals surface area contributed by atoms with E-state index in [0.717, 1.165) is 16.5 Å². The molecule has 0 atom stereocenters. The van der Waals surface area contributed by atoms with E-state index in [1.807, 2.05) is 53.2 Å². The van der Waals surface area contributed by atoms with Crippen LogP contribution in [0.3, 0.4) is 0 Å². The summed E-state index contributed by atoms with van der Waals surface area (Å²) in [5, 5.41) is 16.6. The van der Waals surface area contributed by atoms with Crippen LogP contribution in [0.5, 0.6) is 0 Å². The van der Waals surface area contributed by atoms with Crippen LogP contribution < -0.4 is 5.43 Å². The van der Waals surface area contributed by atoms with Crippen molar-refractivity contribution < 1.29 is 14.3 Å². The van der Waals surface area contributed by atoms with Crippen LogP contribution in [-0.2, 0) is 16.9 Å². The van der Waals surface area contributed by atoms with Crippen molar-refractivity contribution in [2.24, 2.45) is 5.10 Å². The van der Waals surface area contributed by atoms with Gasteiger partial charge in [0.05, 0.1) is 12.8 Å².